The van der Waals surface area contributed by atoms with Crippen LogP contribution < -0.4 is 0 Å². The van der Waals surface area contributed by atoms with Crippen LogP contribution in [0.15, 0.2) is 97.1 Å². The molecule has 4 atom stereocenters. The highest BCUT2D eigenvalue weighted by atomic mass is 16.1. The lowest BCUT2D eigenvalue weighted by Gasteiger charge is -2.64. The first-order chi connectivity index (χ1) is 16.5. The zero-order valence-electron chi connectivity index (χ0n) is 19.2. The number of aryl methyl sites for hydroxylation is 2. The molecule has 0 bridgehead atoms. The fourth-order valence-electron chi connectivity index (χ4n) is 7.53. The van der Waals surface area contributed by atoms with Gasteiger partial charge in [0, 0.05) is 33.8 Å². The average Bonchev–Trinajstić information content (AvgIpc) is 3.21. The number of Topliss-reactive ketones (excluding diaryl/α,β-unsaturated/α-hetero) is 2. The second-order valence-electron chi connectivity index (χ2n) is 10.1. The quantitative estimate of drug-likeness (QED) is 0.371. The van der Waals surface area contributed by atoms with E-state index in [2.05, 4.69) is 74.5 Å². The van der Waals surface area contributed by atoms with Crippen molar-refractivity contribution >= 4 is 11.6 Å². The molecule has 0 saturated heterocycles. The number of carbonyl (C=O) groups excluding carboxylic acids is 2. The van der Waals surface area contributed by atoms with Gasteiger partial charge >= 0.3 is 0 Å². The Bertz CT molecular complexity index is 1390. The summed E-state index contributed by atoms with van der Waals surface area (Å²) in [4.78, 5) is 28.0. The van der Waals surface area contributed by atoms with Gasteiger partial charge in [-0.05, 0) is 36.1 Å². The number of carbonyl (C=O) groups is 2. The number of fused-ring (bicyclic) bond motifs is 8. The molecule has 0 radical (unpaired) electrons. The van der Waals surface area contributed by atoms with E-state index < -0.39 is 22.7 Å². The summed E-state index contributed by atoms with van der Waals surface area (Å²) in [5.74, 6) is -0.613. The molecule has 1 fully saturated rings. The number of rotatable bonds is 2. The lowest BCUT2D eigenvalue weighted by Crippen LogP contribution is -2.70. The summed E-state index contributed by atoms with van der Waals surface area (Å²) in [7, 11) is 0. The van der Waals surface area contributed by atoms with E-state index in [4.69, 9.17) is 0 Å². The summed E-state index contributed by atoms with van der Waals surface area (Å²) >= 11 is 0. The van der Waals surface area contributed by atoms with Gasteiger partial charge in [-0.2, -0.15) is 0 Å². The molecule has 0 spiro atoms. The van der Waals surface area contributed by atoms with Gasteiger partial charge in [0.15, 0.2) is 11.6 Å². The van der Waals surface area contributed by atoms with Crippen LogP contribution in [0.25, 0.3) is 0 Å². The van der Waals surface area contributed by atoms with Gasteiger partial charge in [-0.25, -0.2) is 0 Å². The largest absolute Gasteiger partial charge is 0.294 e. The molecule has 4 aromatic carbocycles. The number of ketones is 2. The van der Waals surface area contributed by atoms with E-state index in [9.17, 15) is 9.59 Å². The van der Waals surface area contributed by atoms with Crippen molar-refractivity contribution in [2.75, 3.05) is 0 Å². The molecule has 0 heterocycles. The first-order valence-electron chi connectivity index (χ1n) is 11.9. The molecule has 2 nitrogen and oxygen atoms in total. The first-order valence-corrected chi connectivity index (χ1v) is 11.9. The minimum absolute atomic E-state index is 0.102. The highest BCUT2D eigenvalue weighted by Crippen LogP contribution is 2.77. The molecule has 1 saturated carbocycles. The van der Waals surface area contributed by atoms with Crippen LogP contribution in [0, 0.1) is 25.7 Å². The Morgan fingerprint density at radius 1 is 0.500 bits per heavy atom. The molecule has 0 aliphatic heterocycles. The van der Waals surface area contributed by atoms with Gasteiger partial charge in [0.25, 0.3) is 0 Å². The lowest BCUT2D eigenvalue weighted by molar-refractivity contribution is 0.00358. The molecule has 34 heavy (non-hydrogen) atoms. The third-order valence-electron chi connectivity index (χ3n) is 8.70. The zero-order valence-corrected chi connectivity index (χ0v) is 19.2. The Labute approximate surface area is 199 Å². The third kappa shape index (κ3) is 1.96. The van der Waals surface area contributed by atoms with Gasteiger partial charge in [0.05, 0.1) is 0 Å². The summed E-state index contributed by atoms with van der Waals surface area (Å²) in [5, 5.41) is 0. The van der Waals surface area contributed by atoms with Gasteiger partial charge in [-0.3, -0.25) is 9.59 Å². The van der Waals surface area contributed by atoms with Gasteiger partial charge < -0.3 is 0 Å². The van der Waals surface area contributed by atoms with Gasteiger partial charge in [-0.15, -0.1) is 0 Å². The molecule has 3 aliphatic carbocycles. The third-order valence-corrected chi connectivity index (χ3v) is 8.70. The lowest BCUT2D eigenvalue weighted by atomic mass is 9.34. The van der Waals surface area contributed by atoms with Crippen molar-refractivity contribution in [1.82, 2.24) is 0 Å². The highest BCUT2D eigenvalue weighted by molar-refractivity contribution is 6.17. The summed E-state index contributed by atoms with van der Waals surface area (Å²) < 4.78 is 0. The Morgan fingerprint density at radius 3 is 1.24 bits per heavy atom. The second kappa shape index (κ2) is 6.42. The maximum Gasteiger partial charge on any atom is 0.168 e. The Hall–Kier alpha value is -3.78. The zero-order chi connectivity index (χ0) is 23.2. The number of benzene rings is 4. The second-order valence-corrected chi connectivity index (χ2v) is 10.1. The summed E-state index contributed by atoms with van der Waals surface area (Å²) in [5.41, 5.74) is 6.96. The first kappa shape index (κ1) is 19.7. The van der Waals surface area contributed by atoms with E-state index in [1.165, 1.54) is 11.1 Å². The smallest absolute Gasteiger partial charge is 0.168 e. The highest BCUT2D eigenvalue weighted by Gasteiger charge is 2.82. The normalized spacial score (nSPS) is 28.1. The van der Waals surface area contributed by atoms with E-state index in [0.29, 0.717) is 0 Å². The minimum Gasteiger partial charge on any atom is -0.294 e. The van der Waals surface area contributed by atoms with E-state index in [0.717, 1.165) is 33.4 Å². The standard InChI is InChI=1S/C32H24O2/c1-19-11-15-21(16-12-19)31-25-9-5-3-7-23(25)29(33)27(31)28-30(34)24-8-4-6-10-26(24)32(28,31)22-17-13-20(2)14-18-22/h3-18,27-28H,1-2H3/t27?,28?,31-,32-/m1/s1. The Kier molecular flexibility index (Phi) is 3.71. The van der Waals surface area contributed by atoms with E-state index in [1.807, 2.05) is 36.4 Å². The van der Waals surface area contributed by atoms with Crippen LogP contribution in [-0.2, 0) is 10.8 Å². The van der Waals surface area contributed by atoms with Crippen LogP contribution in [-0.4, -0.2) is 11.6 Å². The van der Waals surface area contributed by atoms with E-state index >= 15 is 0 Å². The van der Waals surface area contributed by atoms with Crippen molar-refractivity contribution in [1.29, 1.82) is 0 Å². The molecular weight excluding hydrogens is 416 g/mol. The molecule has 0 aromatic heterocycles. The van der Waals surface area contributed by atoms with Crippen molar-refractivity contribution in [3.05, 3.63) is 142 Å². The number of hydrogen-bond acceptors (Lipinski definition) is 2. The maximum atomic E-state index is 14.0. The molecule has 7 rings (SSSR count). The van der Waals surface area contributed by atoms with Crippen LogP contribution in [0.4, 0.5) is 0 Å². The van der Waals surface area contributed by atoms with Crippen LogP contribution in [0.1, 0.15) is 54.1 Å². The Balaban J connectivity index is 1.68. The maximum absolute atomic E-state index is 14.0. The molecule has 0 N–H and O–H groups in total. The molecule has 2 unspecified atom stereocenters. The molecular formula is C32H24O2. The SMILES string of the molecule is Cc1ccc([C@@]23c4ccccc4C(=O)C2C2C(=O)c4ccccc4[C@]23c2ccc(C)cc2)cc1. The molecule has 0 amide bonds. The van der Waals surface area contributed by atoms with Crippen molar-refractivity contribution in [3.8, 4) is 0 Å². The Morgan fingerprint density at radius 2 is 0.853 bits per heavy atom. The fraction of sp³-hybridized carbons (Fsp3) is 0.188. The molecule has 2 heteroatoms. The van der Waals surface area contributed by atoms with Crippen LogP contribution >= 0.6 is 0 Å². The van der Waals surface area contributed by atoms with Gasteiger partial charge in [0.1, 0.15) is 0 Å². The fourth-order valence-corrected chi connectivity index (χ4v) is 7.53. The molecule has 4 aromatic rings. The van der Waals surface area contributed by atoms with Crippen molar-refractivity contribution < 1.29 is 9.59 Å². The van der Waals surface area contributed by atoms with E-state index in [-0.39, 0.29) is 11.6 Å². The van der Waals surface area contributed by atoms with Crippen LogP contribution in [0.5, 0.6) is 0 Å². The van der Waals surface area contributed by atoms with E-state index in [1.54, 1.807) is 0 Å². The summed E-state index contributed by atoms with van der Waals surface area (Å²) in [6.07, 6.45) is 0. The molecule has 164 valence electrons. The van der Waals surface area contributed by atoms with Crippen LogP contribution in [0.3, 0.4) is 0 Å². The minimum atomic E-state index is -0.628. The van der Waals surface area contributed by atoms with Gasteiger partial charge in [-0.1, -0.05) is 108 Å². The van der Waals surface area contributed by atoms with Crippen LogP contribution in [0.2, 0.25) is 0 Å². The predicted molar refractivity (Wildman–Crippen MR) is 132 cm³/mol. The van der Waals surface area contributed by atoms with Gasteiger partial charge in [0.2, 0.25) is 0 Å². The average molecular weight is 441 g/mol. The topological polar surface area (TPSA) is 34.1 Å². The van der Waals surface area contributed by atoms with Crippen molar-refractivity contribution in [3.63, 3.8) is 0 Å². The van der Waals surface area contributed by atoms with Crippen molar-refractivity contribution in [2.45, 2.75) is 24.7 Å². The summed E-state index contributed by atoms with van der Waals surface area (Å²) in [6, 6.07) is 33.3. The van der Waals surface area contributed by atoms with Crippen molar-refractivity contribution in [2.24, 2.45) is 11.8 Å². The monoisotopic (exact) mass is 440 g/mol. The predicted octanol–water partition coefficient (Wildman–Crippen LogP) is 6.21. The summed E-state index contributed by atoms with van der Waals surface area (Å²) in [6.45, 7) is 4.17. The number of hydrogen-bond donors (Lipinski definition) is 0. The molecule has 3 aliphatic rings.